The summed E-state index contributed by atoms with van der Waals surface area (Å²) >= 11 is 1.21. The number of ketones is 2. The van der Waals surface area contributed by atoms with Crippen molar-refractivity contribution in [1.82, 2.24) is 4.98 Å². The Hall–Kier alpha value is -3.43. The quantitative estimate of drug-likeness (QED) is 0.368. The number of carbonyl (C=O) groups excluding carboxylic acids is 2. The number of Topliss-reactive ketones (excluding diaryl/α,β-unsaturated/α-hetero) is 2. The topological polar surface area (TPSA) is 80.0 Å². The van der Waals surface area contributed by atoms with E-state index in [-0.39, 0.29) is 17.3 Å². The Morgan fingerprint density at radius 1 is 1.06 bits per heavy atom. The maximum Gasteiger partial charge on any atom is 0.173 e. The Balaban J connectivity index is 2.04. The zero-order chi connectivity index (χ0) is 22.5. The van der Waals surface area contributed by atoms with Crippen LogP contribution in [0.4, 0.5) is 0 Å². The minimum Gasteiger partial charge on any atom is -0.497 e. The highest BCUT2D eigenvalue weighted by Gasteiger charge is 2.23. The molecule has 0 aliphatic heterocycles. The average molecular weight is 431 g/mol. The maximum atomic E-state index is 12.6. The van der Waals surface area contributed by atoms with Gasteiger partial charge in [0.25, 0.3) is 0 Å². The molecule has 0 amide bonds. The lowest BCUT2D eigenvalue weighted by atomic mass is 9.93. The molecule has 0 aliphatic rings. The number of nitriles is 1. The summed E-state index contributed by atoms with van der Waals surface area (Å²) in [6.07, 6.45) is 0. The number of thioether (sulfide) groups is 1. The lowest BCUT2D eigenvalue weighted by Gasteiger charge is -2.15. The predicted octanol–water partition coefficient (Wildman–Crippen LogP) is 5.42. The lowest BCUT2D eigenvalue weighted by molar-refractivity contribution is 0.101. The van der Waals surface area contributed by atoms with E-state index in [2.05, 4.69) is 11.1 Å². The standard InChI is InChI=1S/C25H22N2O3S/c1-15-5-7-18(8-6-15)22(29)14-31-25-21(13-26)24(23(17(3)28)16(2)27-25)19-9-11-20(30-4)12-10-19/h5-12H,14H2,1-4H3. The summed E-state index contributed by atoms with van der Waals surface area (Å²) in [4.78, 5) is 29.5. The summed E-state index contributed by atoms with van der Waals surface area (Å²) in [6.45, 7) is 5.18. The van der Waals surface area contributed by atoms with Gasteiger partial charge in [-0.05, 0) is 38.5 Å². The van der Waals surface area contributed by atoms with Crippen LogP contribution in [0.5, 0.6) is 5.75 Å². The van der Waals surface area contributed by atoms with Crippen LogP contribution >= 0.6 is 11.8 Å². The number of pyridine rings is 1. The van der Waals surface area contributed by atoms with Gasteiger partial charge < -0.3 is 4.74 Å². The molecule has 0 atom stereocenters. The molecule has 0 fully saturated rings. The van der Waals surface area contributed by atoms with Crippen molar-refractivity contribution in [2.75, 3.05) is 12.9 Å². The first-order valence-electron chi connectivity index (χ1n) is 9.68. The number of hydrogen-bond acceptors (Lipinski definition) is 6. The summed E-state index contributed by atoms with van der Waals surface area (Å²) in [5, 5.41) is 10.4. The van der Waals surface area contributed by atoms with Gasteiger partial charge in [0.2, 0.25) is 0 Å². The van der Waals surface area contributed by atoms with Crippen LogP contribution in [0.2, 0.25) is 0 Å². The molecule has 3 rings (SSSR count). The van der Waals surface area contributed by atoms with Crippen molar-refractivity contribution in [2.24, 2.45) is 0 Å². The number of ether oxygens (including phenoxy) is 1. The number of rotatable bonds is 7. The Bertz CT molecular complexity index is 1180. The van der Waals surface area contributed by atoms with Crippen LogP contribution in [-0.4, -0.2) is 29.4 Å². The number of aromatic nitrogens is 1. The summed E-state index contributed by atoms with van der Waals surface area (Å²) in [5.41, 5.74) is 4.19. The van der Waals surface area contributed by atoms with Gasteiger partial charge in [-0.3, -0.25) is 9.59 Å². The van der Waals surface area contributed by atoms with Gasteiger partial charge >= 0.3 is 0 Å². The highest BCUT2D eigenvalue weighted by molar-refractivity contribution is 8.00. The third kappa shape index (κ3) is 4.84. The highest BCUT2D eigenvalue weighted by atomic mass is 32.2. The molecule has 156 valence electrons. The van der Waals surface area contributed by atoms with Crippen LogP contribution in [0, 0.1) is 25.2 Å². The number of methoxy groups -OCH3 is 1. The molecular weight excluding hydrogens is 408 g/mol. The number of hydrogen-bond donors (Lipinski definition) is 0. The Labute approximate surface area is 186 Å². The van der Waals surface area contributed by atoms with Gasteiger partial charge in [0.15, 0.2) is 11.6 Å². The molecule has 31 heavy (non-hydrogen) atoms. The second-order valence-electron chi connectivity index (χ2n) is 7.10. The molecule has 6 heteroatoms. The van der Waals surface area contributed by atoms with E-state index in [0.29, 0.717) is 38.7 Å². The number of nitrogens with zero attached hydrogens (tertiary/aromatic N) is 2. The Kier molecular flexibility index (Phi) is 6.88. The van der Waals surface area contributed by atoms with Crippen LogP contribution in [-0.2, 0) is 0 Å². The van der Waals surface area contributed by atoms with Crippen molar-refractivity contribution in [3.05, 3.63) is 76.5 Å². The number of carbonyl (C=O) groups is 2. The number of aryl methyl sites for hydroxylation is 2. The Morgan fingerprint density at radius 2 is 1.71 bits per heavy atom. The van der Waals surface area contributed by atoms with E-state index >= 15 is 0 Å². The molecule has 0 radical (unpaired) electrons. The third-order valence-corrected chi connectivity index (χ3v) is 5.88. The first-order chi connectivity index (χ1) is 14.8. The van der Waals surface area contributed by atoms with Crippen molar-refractivity contribution in [2.45, 2.75) is 25.8 Å². The van der Waals surface area contributed by atoms with Crippen LogP contribution in [0.3, 0.4) is 0 Å². The van der Waals surface area contributed by atoms with E-state index in [9.17, 15) is 14.9 Å². The largest absolute Gasteiger partial charge is 0.497 e. The molecule has 0 unspecified atom stereocenters. The van der Waals surface area contributed by atoms with Crippen molar-refractivity contribution >= 4 is 23.3 Å². The molecule has 1 aromatic heterocycles. The molecule has 0 saturated carbocycles. The molecule has 0 N–H and O–H groups in total. The minimum atomic E-state index is -0.167. The molecule has 0 spiro atoms. The molecule has 5 nitrogen and oxygen atoms in total. The van der Waals surface area contributed by atoms with Crippen LogP contribution < -0.4 is 4.74 Å². The summed E-state index contributed by atoms with van der Waals surface area (Å²) in [6, 6.07) is 16.8. The second-order valence-corrected chi connectivity index (χ2v) is 8.07. The van der Waals surface area contributed by atoms with Crippen LogP contribution in [0.1, 0.15) is 44.5 Å². The SMILES string of the molecule is COc1ccc(-c2c(C#N)c(SCC(=O)c3ccc(C)cc3)nc(C)c2C(C)=O)cc1. The van der Waals surface area contributed by atoms with Gasteiger partial charge in [-0.25, -0.2) is 4.98 Å². The highest BCUT2D eigenvalue weighted by Crippen LogP contribution is 2.36. The maximum absolute atomic E-state index is 12.6. The molecule has 3 aromatic rings. The number of benzene rings is 2. The lowest BCUT2D eigenvalue weighted by Crippen LogP contribution is -2.08. The molecule has 0 saturated heterocycles. The monoisotopic (exact) mass is 430 g/mol. The molecular formula is C25H22N2O3S. The fourth-order valence-electron chi connectivity index (χ4n) is 3.32. The molecule has 0 aliphatic carbocycles. The van der Waals surface area contributed by atoms with Gasteiger partial charge in [-0.15, -0.1) is 0 Å². The fraction of sp³-hybridized carbons (Fsp3) is 0.200. The summed E-state index contributed by atoms with van der Waals surface area (Å²) in [7, 11) is 1.58. The van der Waals surface area contributed by atoms with E-state index < -0.39 is 0 Å². The summed E-state index contributed by atoms with van der Waals surface area (Å²) < 4.78 is 5.22. The predicted molar refractivity (Wildman–Crippen MR) is 122 cm³/mol. The fourth-order valence-corrected chi connectivity index (χ4v) is 4.25. The van der Waals surface area contributed by atoms with Crippen molar-refractivity contribution in [1.29, 1.82) is 5.26 Å². The summed E-state index contributed by atoms with van der Waals surface area (Å²) in [5.74, 6) is 0.608. The minimum absolute atomic E-state index is 0.0463. The van der Waals surface area contributed by atoms with Gasteiger partial charge in [0, 0.05) is 16.7 Å². The van der Waals surface area contributed by atoms with Gasteiger partial charge in [0.1, 0.15) is 16.8 Å². The van der Waals surface area contributed by atoms with Gasteiger partial charge in [-0.2, -0.15) is 5.26 Å². The molecule has 0 bridgehead atoms. The molecule has 1 heterocycles. The van der Waals surface area contributed by atoms with Gasteiger partial charge in [-0.1, -0.05) is 53.7 Å². The van der Waals surface area contributed by atoms with E-state index in [4.69, 9.17) is 4.74 Å². The third-order valence-electron chi connectivity index (χ3n) is 4.90. The second kappa shape index (κ2) is 9.59. The van der Waals surface area contributed by atoms with Gasteiger partial charge in [0.05, 0.1) is 24.1 Å². The molecule has 2 aromatic carbocycles. The first-order valence-corrected chi connectivity index (χ1v) is 10.7. The van der Waals surface area contributed by atoms with E-state index in [1.807, 2.05) is 31.2 Å². The van der Waals surface area contributed by atoms with Crippen LogP contribution in [0.25, 0.3) is 11.1 Å². The zero-order valence-corrected chi connectivity index (χ0v) is 18.7. The van der Waals surface area contributed by atoms with E-state index in [0.717, 1.165) is 11.1 Å². The van der Waals surface area contributed by atoms with E-state index in [1.165, 1.54) is 18.7 Å². The Morgan fingerprint density at radius 3 is 2.26 bits per heavy atom. The average Bonchev–Trinajstić information content (AvgIpc) is 2.77. The normalized spacial score (nSPS) is 10.4. The zero-order valence-electron chi connectivity index (χ0n) is 17.9. The van der Waals surface area contributed by atoms with E-state index in [1.54, 1.807) is 38.3 Å². The van der Waals surface area contributed by atoms with Crippen molar-refractivity contribution in [3.63, 3.8) is 0 Å². The van der Waals surface area contributed by atoms with Crippen molar-refractivity contribution < 1.29 is 14.3 Å². The smallest absolute Gasteiger partial charge is 0.173 e. The first kappa shape index (κ1) is 22.3. The van der Waals surface area contributed by atoms with Crippen LogP contribution in [0.15, 0.2) is 53.6 Å². The van der Waals surface area contributed by atoms with Crippen molar-refractivity contribution in [3.8, 4) is 22.9 Å².